The maximum atomic E-state index is 12.4. The fourth-order valence-electron chi connectivity index (χ4n) is 2.09. The van der Waals surface area contributed by atoms with Crippen molar-refractivity contribution in [3.8, 4) is 0 Å². The van der Waals surface area contributed by atoms with E-state index in [4.69, 9.17) is 5.73 Å². The number of rotatable bonds is 5. The monoisotopic (exact) mass is 266 g/mol. The van der Waals surface area contributed by atoms with E-state index in [1.54, 1.807) is 4.68 Å². The first-order valence-electron chi connectivity index (χ1n) is 6.85. The lowest BCUT2D eigenvalue weighted by Crippen LogP contribution is -2.45. The van der Waals surface area contributed by atoms with Crippen LogP contribution in [0.1, 0.15) is 50.3 Å². The standard InChI is InChI=1S/C14H26N4O/c1-6-18-11(9-10(2)17-18)13(19)16-12(7-8-15)14(3,4)5/h9,12H,6-8,15H2,1-5H3,(H,16,19). The fraction of sp³-hybridized carbons (Fsp3) is 0.714. The highest BCUT2D eigenvalue weighted by Gasteiger charge is 2.26. The molecule has 0 saturated carbocycles. The summed E-state index contributed by atoms with van der Waals surface area (Å²) in [6.45, 7) is 11.4. The third-order valence-corrected chi connectivity index (χ3v) is 3.24. The van der Waals surface area contributed by atoms with E-state index < -0.39 is 0 Å². The summed E-state index contributed by atoms with van der Waals surface area (Å²) in [6, 6.07) is 1.88. The Hall–Kier alpha value is -1.36. The minimum atomic E-state index is -0.0733. The summed E-state index contributed by atoms with van der Waals surface area (Å²) in [5.74, 6) is -0.0733. The molecule has 5 nitrogen and oxygen atoms in total. The van der Waals surface area contributed by atoms with E-state index in [0.717, 1.165) is 12.1 Å². The Morgan fingerprint density at radius 3 is 2.63 bits per heavy atom. The predicted molar refractivity (Wildman–Crippen MR) is 77.0 cm³/mol. The van der Waals surface area contributed by atoms with Crippen molar-refractivity contribution in [3.05, 3.63) is 17.5 Å². The molecule has 0 fully saturated rings. The lowest BCUT2D eigenvalue weighted by Gasteiger charge is -2.31. The van der Waals surface area contributed by atoms with E-state index in [2.05, 4.69) is 31.2 Å². The van der Waals surface area contributed by atoms with Gasteiger partial charge in [-0.2, -0.15) is 5.10 Å². The quantitative estimate of drug-likeness (QED) is 0.852. The lowest BCUT2D eigenvalue weighted by atomic mass is 9.84. The summed E-state index contributed by atoms with van der Waals surface area (Å²) < 4.78 is 1.73. The van der Waals surface area contributed by atoms with Gasteiger partial charge in [0, 0.05) is 12.6 Å². The van der Waals surface area contributed by atoms with Gasteiger partial charge in [0.05, 0.1) is 5.69 Å². The second-order valence-corrected chi connectivity index (χ2v) is 5.96. The molecule has 1 atom stereocenters. The average Bonchev–Trinajstić information content (AvgIpc) is 2.68. The molecule has 1 rings (SSSR count). The predicted octanol–water partition coefficient (Wildman–Crippen LogP) is 1.70. The largest absolute Gasteiger partial charge is 0.347 e. The van der Waals surface area contributed by atoms with Crippen LogP contribution in [0.4, 0.5) is 0 Å². The second-order valence-electron chi connectivity index (χ2n) is 5.96. The van der Waals surface area contributed by atoms with Gasteiger partial charge in [-0.1, -0.05) is 20.8 Å². The number of aromatic nitrogens is 2. The van der Waals surface area contributed by atoms with Crippen LogP contribution in [-0.2, 0) is 6.54 Å². The molecule has 19 heavy (non-hydrogen) atoms. The summed E-state index contributed by atoms with van der Waals surface area (Å²) >= 11 is 0. The average molecular weight is 266 g/mol. The first kappa shape index (κ1) is 15.7. The molecule has 5 heteroatoms. The SMILES string of the molecule is CCn1nc(C)cc1C(=O)NC(CCN)C(C)(C)C. The lowest BCUT2D eigenvalue weighted by molar-refractivity contribution is 0.0888. The molecule has 1 unspecified atom stereocenters. The van der Waals surface area contributed by atoms with Gasteiger partial charge in [0.15, 0.2) is 0 Å². The summed E-state index contributed by atoms with van der Waals surface area (Å²) in [5, 5.41) is 7.38. The number of aryl methyl sites for hydroxylation is 2. The molecule has 0 bridgehead atoms. The van der Waals surface area contributed by atoms with Gasteiger partial charge in [-0.15, -0.1) is 0 Å². The highest BCUT2D eigenvalue weighted by Crippen LogP contribution is 2.22. The van der Waals surface area contributed by atoms with E-state index in [9.17, 15) is 4.79 Å². The van der Waals surface area contributed by atoms with Crippen LogP contribution in [-0.4, -0.2) is 28.3 Å². The highest BCUT2D eigenvalue weighted by molar-refractivity contribution is 5.92. The molecule has 0 saturated heterocycles. The Bertz CT molecular complexity index is 431. The van der Waals surface area contributed by atoms with Crippen molar-refractivity contribution in [3.63, 3.8) is 0 Å². The molecular weight excluding hydrogens is 240 g/mol. The molecule has 1 heterocycles. The number of hydrogen-bond donors (Lipinski definition) is 2. The number of nitrogens with two attached hydrogens (primary N) is 1. The molecule has 1 aromatic heterocycles. The molecule has 0 aliphatic heterocycles. The minimum Gasteiger partial charge on any atom is -0.347 e. The smallest absolute Gasteiger partial charge is 0.269 e. The van der Waals surface area contributed by atoms with E-state index in [-0.39, 0.29) is 17.4 Å². The zero-order chi connectivity index (χ0) is 14.6. The summed E-state index contributed by atoms with van der Waals surface area (Å²) in [5.41, 5.74) is 7.10. The highest BCUT2D eigenvalue weighted by atomic mass is 16.2. The van der Waals surface area contributed by atoms with Crippen molar-refractivity contribution in [1.82, 2.24) is 15.1 Å². The number of carbonyl (C=O) groups is 1. The van der Waals surface area contributed by atoms with Crippen LogP contribution >= 0.6 is 0 Å². The zero-order valence-corrected chi connectivity index (χ0v) is 12.7. The van der Waals surface area contributed by atoms with Crippen molar-refractivity contribution in [2.24, 2.45) is 11.1 Å². The van der Waals surface area contributed by atoms with E-state index in [0.29, 0.717) is 18.8 Å². The Kier molecular flexibility index (Phi) is 5.11. The van der Waals surface area contributed by atoms with Gasteiger partial charge in [0.1, 0.15) is 5.69 Å². The number of amides is 1. The topological polar surface area (TPSA) is 72.9 Å². The Morgan fingerprint density at radius 2 is 2.16 bits per heavy atom. The molecule has 0 radical (unpaired) electrons. The van der Waals surface area contributed by atoms with E-state index in [1.165, 1.54) is 0 Å². The van der Waals surface area contributed by atoms with Crippen LogP contribution in [0.3, 0.4) is 0 Å². The van der Waals surface area contributed by atoms with Gasteiger partial charge >= 0.3 is 0 Å². The summed E-state index contributed by atoms with van der Waals surface area (Å²) in [7, 11) is 0. The summed E-state index contributed by atoms with van der Waals surface area (Å²) in [4.78, 5) is 12.4. The molecule has 0 spiro atoms. The van der Waals surface area contributed by atoms with Crippen LogP contribution in [0, 0.1) is 12.3 Å². The van der Waals surface area contributed by atoms with E-state index in [1.807, 2.05) is 19.9 Å². The van der Waals surface area contributed by atoms with Crippen molar-refractivity contribution in [2.45, 2.75) is 53.6 Å². The van der Waals surface area contributed by atoms with Crippen molar-refractivity contribution < 1.29 is 4.79 Å². The van der Waals surface area contributed by atoms with Crippen LogP contribution in [0.25, 0.3) is 0 Å². The fourth-order valence-corrected chi connectivity index (χ4v) is 2.09. The Morgan fingerprint density at radius 1 is 1.53 bits per heavy atom. The second kappa shape index (κ2) is 6.19. The number of carbonyl (C=O) groups excluding carboxylic acids is 1. The molecule has 1 amide bonds. The van der Waals surface area contributed by atoms with Crippen LogP contribution in [0.15, 0.2) is 6.07 Å². The molecule has 108 valence electrons. The third kappa shape index (κ3) is 4.06. The Labute approximate surface area is 115 Å². The van der Waals surface area contributed by atoms with Gasteiger partial charge in [0.2, 0.25) is 0 Å². The van der Waals surface area contributed by atoms with Crippen molar-refractivity contribution in [2.75, 3.05) is 6.54 Å². The first-order chi connectivity index (χ1) is 8.79. The summed E-state index contributed by atoms with van der Waals surface area (Å²) in [6.07, 6.45) is 0.772. The molecule has 0 aromatic carbocycles. The Balaban J connectivity index is 2.87. The van der Waals surface area contributed by atoms with Crippen LogP contribution in [0.5, 0.6) is 0 Å². The number of hydrogen-bond acceptors (Lipinski definition) is 3. The zero-order valence-electron chi connectivity index (χ0n) is 12.7. The maximum absolute atomic E-state index is 12.4. The minimum absolute atomic E-state index is 0.0128. The number of nitrogens with one attached hydrogen (secondary N) is 1. The van der Waals surface area contributed by atoms with Crippen molar-refractivity contribution in [1.29, 1.82) is 0 Å². The van der Waals surface area contributed by atoms with Gasteiger partial charge in [-0.05, 0) is 38.3 Å². The molecule has 1 aromatic rings. The normalized spacial score (nSPS) is 13.4. The van der Waals surface area contributed by atoms with Crippen LogP contribution in [0.2, 0.25) is 0 Å². The van der Waals surface area contributed by atoms with E-state index >= 15 is 0 Å². The van der Waals surface area contributed by atoms with Gasteiger partial charge in [-0.3, -0.25) is 9.48 Å². The maximum Gasteiger partial charge on any atom is 0.269 e. The van der Waals surface area contributed by atoms with Gasteiger partial charge in [-0.25, -0.2) is 0 Å². The van der Waals surface area contributed by atoms with Crippen molar-refractivity contribution >= 4 is 5.91 Å². The van der Waals surface area contributed by atoms with Gasteiger partial charge < -0.3 is 11.1 Å². The van der Waals surface area contributed by atoms with Crippen LogP contribution < -0.4 is 11.1 Å². The number of nitrogens with zero attached hydrogens (tertiary/aromatic N) is 2. The molecule has 3 N–H and O–H groups in total. The molecule has 0 aliphatic carbocycles. The molecular formula is C14H26N4O. The third-order valence-electron chi connectivity index (χ3n) is 3.24. The first-order valence-corrected chi connectivity index (χ1v) is 6.85. The van der Waals surface area contributed by atoms with Gasteiger partial charge in [0.25, 0.3) is 5.91 Å². The molecule has 0 aliphatic rings.